The molecule has 0 saturated carbocycles. The maximum absolute atomic E-state index is 5.86. The summed E-state index contributed by atoms with van der Waals surface area (Å²) in [6.07, 6.45) is 0. The fraction of sp³-hybridized carbons (Fsp3) is 0. The minimum absolute atomic E-state index is 0.712. The van der Waals surface area contributed by atoms with Gasteiger partial charge in [-0.1, -0.05) is 60.6 Å². The van der Waals surface area contributed by atoms with Crippen LogP contribution in [0, 0.1) is 0 Å². The first-order chi connectivity index (χ1) is 8.58. The highest BCUT2D eigenvalue weighted by molar-refractivity contribution is 6.31. The molecule has 2 aromatic carbocycles. The minimum Gasteiger partial charge on any atom is -0.0906 e. The Labute approximate surface area is 117 Å². The summed E-state index contributed by atoms with van der Waals surface area (Å²) in [4.78, 5) is 0. The standard InChI is InChI=1S/C16H12Cl2/c1-11(13-3-7-15(17)8-4-13)12(2)14-5-9-16(18)10-6-14/h3-10H,1-2H2. The third kappa shape index (κ3) is 2.84. The highest BCUT2D eigenvalue weighted by Gasteiger charge is 2.06. The van der Waals surface area contributed by atoms with E-state index in [-0.39, 0.29) is 0 Å². The average Bonchev–Trinajstić information content (AvgIpc) is 2.39. The van der Waals surface area contributed by atoms with E-state index in [9.17, 15) is 0 Å². The average molecular weight is 275 g/mol. The molecule has 0 saturated heterocycles. The second-order valence-electron chi connectivity index (χ2n) is 3.97. The van der Waals surface area contributed by atoms with Crippen LogP contribution in [-0.4, -0.2) is 0 Å². The van der Waals surface area contributed by atoms with Crippen LogP contribution in [0.3, 0.4) is 0 Å². The first kappa shape index (κ1) is 12.9. The van der Waals surface area contributed by atoms with E-state index in [4.69, 9.17) is 23.2 Å². The Hall–Kier alpha value is -1.50. The van der Waals surface area contributed by atoms with E-state index in [1.165, 1.54) is 0 Å². The number of rotatable bonds is 3. The summed E-state index contributed by atoms with van der Waals surface area (Å²) in [6.45, 7) is 8.16. The molecule has 2 heteroatoms. The first-order valence-corrected chi connectivity index (χ1v) is 6.23. The molecular weight excluding hydrogens is 263 g/mol. The number of allylic oxidation sites excluding steroid dienone is 2. The molecule has 0 aliphatic heterocycles. The lowest BCUT2D eigenvalue weighted by molar-refractivity contribution is 1.59. The van der Waals surface area contributed by atoms with Crippen LogP contribution in [0.5, 0.6) is 0 Å². The van der Waals surface area contributed by atoms with Gasteiger partial charge in [-0.3, -0.25) is 0 Å². The van der Waals surface area contributed by atoms with Crippen LogP contribution in [0.25, 0.3) is 11.1 Å². The molecule has 0 aliphatic rings. The van der Waals surface area contributed by atoms with E-state index in [1.807, 2.05) is 48.5 Å². The number of halogens is 2. The van der Waals surface area contributed by atoms with Crippen molar-refractivity contribution in [3.63, 3.8) is 0 Å². The Morgan fingerprint density at radius 3 is 1.17 bits per heavy atom. The smallest absolute Gasteiger partial charge is 0.0406 e. The Morgan fingerprint density at radius 1 is 0.611 bits per heavy atom. The number of benzene rings is 2. The maximum atomic E-state index is 5.86. The van der Waals surface area contributed by atoms with Crippen LogP contribution < -0.4 is 0 Å². The van der Waals surface area contributed by atoms with Crippen LogP contribution in [0.2, 0.25) is 10.0 Å². The number of hydrogen-bond acceptors (Lipinski definition) is 0. The van der Waals surface area contributed by atoms with E-state index in [0.717, 1.165) is 22.3 Å². The lowest BCUT2D eigenvalue weighted by Crippen LogP contribution is -1.87. The lowest BCUT2D eigenvalue weighted by Gasteiger charge is -2.10. The van der Waals surface area contributed by atoms with Crippen LogP contribution in [0.15, 0.2) is 61.7 Å². The van der Waals surface area contributed by atoms with E-state index in [0.29, 0.717) is 10.0 Å². The molecule has 18 heavy (non-hydrogen) atoms. The second kappa shape index (κ2) is 5.43. The fourth-order valence-corrected chi connectivity index (χ4v) is 1.90. The minimum atomic E-state index is 0.712. The van der Waals surface area contributed by atoms with Gasteiger partial charge in [-0.05, 0) is 46.5 Å². The van der Waals surface area contributed by atoms with Gasteiger partial charge >= 0.3 is 0 Å². The van der Waals surface area contributed by atoms with E-state index in [2.05, 4.69) is 13.2 Å². The zero-order valence-electron chi connectivity index (χ0n) is 9.79. The Bertz CT molecular complexity index is 522. The van der Waals surface area contributed by atoms with Gasteiger partial charge in [0.15, 0.2) is 0 Å². The van der Waals surface area contributed by atoms with Crippen molar-refractivity contribution in [2.75, 3.05) is 0 Å². The molecular formula is C16H12Cl2. The summed E-state index contributed by atoms with van der Waals surface area (Å²) in [7, 11) is 0. The molecule has 0 aliphatic carbocycles. The molecule has 2 rings (SSSR count). The second-order valence-corrected chi connectivity index (χ2v) is 4.84. The Balaban J connectivity index is 2.26. The van der Waals surface area contributed by atoms with Gasteiger partial charge in [0.1, 0.15) is 0 Å². The van der Waals surface area contributed by atoms with E-state index < -0.39 is 0 Å². The summed E-state index contributed by atoms with van der Waals surface area (Å²) in [5.74, 6) is 0. The zero-order chi connectivity index (χ0) is 13.1. The summed E-state index contributed by atoms with van der Waals surface area (Å²) in [5.41, 5.74) is 3.79. The van der Waals surface area contributed by atoms with Crippen LogP contribution >= 0.6 is 23.2 Å². The van der Waals surface area contributed by atoms with Crippen molar-refractivity contribution >= 4 is 34.3 Å². The third-order valence-electron chi connectivity index (χ3n) is 2.75. The predicted molar refractivity (Wildman–Crippen MR) is 81.0 cm³/mol. The molecule has 0 spiro atoms. The predicted octanol–water partition coefficient (Wildman–Crippen LogP) is 5.72. The molecule has 0 unspecified atom stereocenters. The SMILES string of the molecule is C=C(C(=C)c1ccc(Cl)cc1)c1ccc(Cl)cc1. The fourth-order valence-electron chi connectivity index (χ4n) is 1.65. The normalized spacial score (nSPS) is 10.1. The highest BCUT2D eigenvalue weighted by atomic mass is 35.5. The molecule has 0 radical (unpaired) electrons. The molecule has 90 valence electrons. The van der Waals surface area contributed by atoms with Gasteiger partial charge in [0.2, 0.25) is 0 Å². The van der Waals surface area contributed by atoms with Gasteiger partial charge in [0, 0.05) is 10.0 Å². The summed E-state index contributed by atoms with van der Waals surface area (Å²) in [5, 5.41) is 1.42. The molecule has 0 bridgehead atoms. The van der Waals surface area contributed by atoms with Gasteiger partial charge in [0.05, 0.1) is 0 Å². The number of hydrogen-bond donors (Lipinski definition) is 0. The largest absolute Gasteiger partial charge is 0.0906 e. The van der Waals surface area contributed by atoms with Gasteiger partial charge in [-0.2, -0.15) is 0 Å². The highest BCUT2D eigenvalue weighted by Crippen LogP contribution is 2.29. The van der Waals surface area contributed by atoms with Gasteiger partial charge < -0.3 is 0 Å². The first-order valence-electron chi connectivity index (χ1n) is 5.48. The van der Waals surface area contributed by atoms with Crippen molar-refractivity contribution in [1.82, 2.24) is 0 Å². The van der Waals surface area contributed by atoms with Crippen molar-refractivity contribution in [2.24, 2.45) is 0 Å². The maximum Gasteiger partial charge on any atom is 0.0406 e. The van der Waals surface area contributed by atoms with Gasteiger partial charge in [0.25, 0.3) is 0 Å². The molecule has 0 amide bonds. The molecule has 0 heterocycles. The molecule has 0 atom stereocenters. The third-order valence-corrected chi connectivity index (χ3v) is 3.25. The topological polar surface area (TPSA) is 0 Å². The summed E-state index contributed by atoms with van der Waals surface area (Å²) >= 11 is 11.7. The van der Waals surface area contributed by atoms with E-state index in [1.54, 1.807) is 0 Å². The van der Waals surface area contributed by atoms with Gasteiger partial charge in [-0.25, -0.2) is 0 Å². The molecule has 2 aromatic rings. The lowest BCUT2D eigenvalue weighted by atomic mass is 9.95. The van der Waals surface area contributed by atoms with Crippen molar-refractivity contribution in [3.8, 4) is 0 Å². The quantitative estimate of drug-likeness (QED) is 0.628. The monoisotopic (exact) mass is 274 g/mol. The van der Waals surface area contributed by atoms with Crippen molar-refractivity contribution < 1.29 is 0 Å². The molecule has 0 nitrogen and oxygen atoms in total. The Kier molecular flexibility index (Phi) is 3.90. The summed E-state index contributed by atoms with van der Waals surface area (Å²) in [6, 6.07) is 15.1. The zero-order valence-corrected chi connectivity index (χ0v) is 11.3. The Morgan fingerprint density at radius 2 is 0.889 bits per heavy atom. The summed E-state index contributed by atoms with van der Waals surface area (Å²) < 4.78 is 0. The van der Waals surface area contributed by atoms with Crippen LogP contribution in [-0.2, 0) is 0 Å². The van der Waals surface area contributed by atoms with Crippen LogP contribution in [0.1, 0.15) is 11.1 Å². The van der Waals surface area contributed by atoms with E-state index >= 15 is 0 Å². The van der Waals surface area contributed by atoms with Crippen LogP contribution in [0.4, 0.5) is 0 Å². The van der Waals surface area contributed by atoms with Crippen molar-refractivity contribution in [1.29, 1.82) is 0 Å². The van der Waals surface area contributed by atoms with Crippen molar-refractivity contribution in [3.05, 3.63) is 82.9 Å². The molecule has 0 fully saturated rings. The van der Waals surface area contributed by atoms with Crippen molar-refractivity contribution in [2.45, 2.75) is 0 Å². The molecule has 0 N–H and O–H groups in total. The van der Waals surface area contributed by atoms with Gasteiger partial charge in [-0.15, -0.1) is 0 Å². The molecule has 0 aromatic heterocycles.